The molecule has 0 aliphatic rings. The zero-order valence-corrected chi connectivity index (χ0v) is 10.9. The third kappa shape index (κ3) is 5.01. The van der Waals surface area contributed by atoms with Gasteiger partial charge in [-0.15, -0.1) is 0 Å². The van der Waals surface area contributed by atoms with Gasteiger partial charge in [-0.1, -0.05) is 49.9 Å². The summed E-state index contributed by atoms with van der Waals surface area (Å²) in [5, 5.41) is 2.96. The lowest BCUT2D eigenvalue weighted by Gasteiger charge is -2.12. The maximum absolute atomic E-state index is 12.6. The number of rotatable bonds is 7. The largest absolute Gasteiger partial charge is 0.416 e. The van der Waals surface area contributed by atoms with Crippen LogP contribution in [0.4, 0.5) is 13.2 Å². The fourth-order valence-corrected chi connectivity index (χ4v) is 1.97. The molecule has 0 aromatic heterocycles. The van der Waals surface area contributed by atoms with Crippen molar-refractivity contribution < 1.29 is 13.2 Å². The van der Waals surface area contributed by atoms with Crippen molar-refractivity contribution in [2.24, 2.45) is 5.18 Å². The Balaban J connectivity index is 2.73. The van der Waals surface area contributed by atoms with E-state index in [1.807, 2.05) is 0 Å². The van der Waals surface area contributed by atoms with Gasteiger partial charge in [0.05, 0.1) is 5.56 Å². The Bertz CT molecular complexity index is 404. The smallest absolute Gasteiger partial charge is 0.166 e. The molecule has 0 aliphatic heterocycles. The second kappa shape index (κ2) is 7.26. The highest BCUT2D eigenvalue weighted by Crippen LogP contribution is 2.32. The fourth-order valence-electron chi connectivity index (χ4n) is 1.97. The molecule has 0 amide bonds. The molecule has 0 spiro atoms. The van der Waals surface area contributed by atoms with Crippen molar-refractivity contribution in [1.82, 2.24) is 0 Å². The van der Waals surface area contributed by atoms with Crippen LogP contribution < -0.4 is 0 Å². The minimum absolute atomic E-state index is 0.348. The van der Waals surface area contributed by atoms with E-state index in [9.17, 15) is 18.1 Å². The van der Waals surface area contributed by atoms with Gasteiger partial charge >= 0.3 is 6.18 Å². The van der Waals surface area contributed by atoms with Crippen LogP contribution in [0, 0.1) is 4.91 Å². The summed E-state index contributed by atoms with van der Waals surface area (Å²) < 4.78 is 37.7. The minimum atomic E-state index is -4.38. The Labute approximate surface area is 111 Å². The first kappa shape index (κ1) is 15.7. The van der Waals surface area contributed by atoms with E-state index in [1.165, 1.54) is 12.1 Å². The lowest BCUT2D eigenvalue weighted by Crippen LogP contribution is -2.06. The van der Waals surface area contributed by atoms with Crippen molar-refractivity contribution in [1.29, 1.82) is 0 Å². The topological polar surface area (TPSA) is 29.4 Å². The summed E-state index contributed by atoms with van der Waals surface area (Å²) in [5.41, 5.74) is -0.381. The molecule has 0 saturated heterocycles. The maximum Gasteiger partial charge on any atom is 0.416 e. The van der Waals surface area contributed by atoms with E-state index in [0.717, 1.165) is 37.8 Å². The van der Waals surface area contributed by atoms with Gasteiger partial charge in [-0.25, -0.2) is 0 Å². The van der Waals surface area contributed by atoms with Gasteiger partial charge in [0, 0.05) is 0 Å². The van der Waals surface area contributed by atoms with Gasteiger partial charge in [0.25, 0.3) is 0 Å². The Morgan fingerprint density at radius 2 is 1.95 bits per heavy atom. The van der Waals surface area contributed by atoms with Crippen LogP contribution in [0.5, 0.6) is 0 Å². The van der Waals surface area contributed by atoms with Gasteiger partial charge in [-0.05, 0) is 24.1 Å². The van der Waals surface area contributed by atoms with Gasteiger partial charge in [0.15, 0.2) is 0 Å². The van der Waals surface area contributed by atoms with Crippen LogP contribution in [0.1, 0.15) is 56.2 Å². The number of benzene rings is 1. The monoisotopic (exact) mass is 273 g/mol. The lowest BCUT2D eigenvalue weighted by atomic mass is 9.99. The average Bonchev–Trinajstić information content (AvgIpc) is 2.38. The summed E-state index contributed by atoms with van der Waals surface area (Å²) in [5.74, 6) is 0. The molecule has 106 valence electrons. The highest BCUT2D eigenvalue weighted by atomic mass is 19.4. The van der Waals surface area contributed by atoms with E-state index >= 15 is 0 Å². The fraction of sp³-hybridized carbons (Fsp3) is 0.571. The van der Waals surface area contributed by atoms with Crippen LogP contribution in [-0.4, -0.2) is 0 Å². The Hall–Kier alpha value is -1.39. The first-order chi connectivity index (χ1) is 8.99. The third-order valence-electron chi connectivity index (χ3n) is 3.06. The molecule has 0 N–H and O–H groups in total. The van der Waals surface area contributed by atoms with Crippen molar-refractivity contribution in [2.75, 3.05) is 0 Å². The highest BCUT2D eigenvalue weighted by molar-refractivity contribution is 5.28. The number of nitroso groups, excluding NO2 is 1. The number of halogens is 3. The summed E-state index contributed by atoms with van der Waals surface area (Å²) in [6, 6.07) is 4.19. The Morgan fingerprint density at radius 1 is 1.21 bits per heavy atom. The molecule has 0 fully saturated rings. The van der Waals surface area contributed by atoms with Gasteiger partial charge < -0.3 is 0 Å². The van der Waals surface area contributed by atoms with Crippen LogP contribution in [0.15, 0.2) is 29.4 Å². The molecular weight excluding hydrogens is 255 g/mol. The molecule has 1 aromatic carbocycles. The summed E-state index contributed by atoms with van der Waals surface area (Å²) in [4.78, 5) is 10.8. The molecule has 0 heterocycles. The van der Waals surface area contributed by atoms with Crippen molar-refractivity contribution in [2.45, 2.75) is 51.2 Å². The molecule has 0 bridgehead atoms. The normalized spacial score (nSPS) is 13.3. The Kier molecular flexibility index (Phi) is 5.99. The number of nitrogens with zero attached hydrogens (tertiary/aromatic N) is 1. The van der Waals surface area contributed by atoms with E-state index in [-0.39, 0.29) is 0 Å². The molecule has 1 aromatic rings. The molecule has 1 rings (SSSR count). The standard InChI is InChI=1S/C14H18F3NO/c1-2-3-4-5-9-13(18-19)11-7-6-8-12(10-11)14(15,16)17/h6-8,10,13H,2-5,9H2,1H3. The first-order valence-electron chi connectivity index (χ1n) is 6.48. The van der Waals surface area contributed by atoms with Crippen molar-refractivity contribution in [3.05, 3.63) is 40.3 Å². The van der Waals surface area contributed by atoms with Crippen LogP contribution >= 0.6 is 0 Å². The summed E-state index contributed by atoms with van der Waals surface area (Å²) in [6.07, 6.45) is 0.0371. The Morgan fingerprint density at radius 3 is 2.53 bits per heavy atom. The molecule has 1 unspecified atom stereocenters. The van der Waals surface area contributed by atoms with Gasteiger partial charge in [-0.2, -0.15) is 18.1 Å². The van der Waals surface area contributed by atoms with Gasteiger partial charge in [-0.3, -0.25) is 0 Å². The maximum atomic E-state index is 12.6. The molecule has 19 heavy (non-hydrogen) atoms. The molecule has 0 saturated carbocycles. The predicted molar refractivity (Wildman–Crippen MR) is 68.7 cm³/mol. The molecule has 5 heteroatoms. The van der Waals surface area contributed by atoms with Crippen LogP contribution in [0.25, 0.3) is 0 Å². The van der Waals surface area contributed by atoms with E-state index < -0.39 is 17.8 Å². The van der Waals surface area contributed by atoms with Crippen LogP contribution in [-0.2, 0) is 6.18 Å². The minimum Gasteiger partial charge on any atom is -0.166 e. The van der Waals surface area contributed by atoms with Crippen molar-refractivity contribution >= 4 is 0 Å². The van der Waals surface area contributed by atoms with Gasteiger partial charge in [0.2, 0.25) is 0 Å². The summed E-state index contributed by atoms with van der Waals surface area (Å²) in [7, 11) is 0. The predicted octanol–water partition coefficient (Wildman–Crippen LogP) is 5.48. The third-order valence-corrected chi connectivity index (χ3v) is 3.06. The number of alkyl halides is 3. The summed E-state index contributed by atoms with van der Waals surface area (Å²) >= 11 is 0. The van der Waals surface area contributed by atoms with Crippen molar-refractivity contribution in [3.8, 4) is 0 Å². The van der Waals surface area contributed by atoms with Crippen LogP contribution in [0.3, 0.4) is 0 Å². The van der Waals surface area contributed by atoms with Gasteiger partial charge in [0.1, 0.15) is 6.04 Å². The highest BCUT2D eigenvalue weighted by Gasteiger charge is 2.31. The second-order valence-electron chi connectivity index (χ2n) is 4.59. The quantitative estimate of drug-likeness (QED) is 0.477. The number of hydrogen-bond donors (Lipinski definition) is 0. The molecule has 1 atom stereocenters. The molecular formula is C14H18F3NO. The van der Waals surface area contributed by atoms with E-state index in [4.69, 9.17) is 0 Å². The average molecular weight is 273 g/mol. The second-order valence-corrected chi connectivity index (χ2v) is 4.59. The number of unbranched alkanes of at least 4 members (excludes halogenated alkanes) is 3. The molecule has 2 nitrogen and oxygen atoms in total. The summed E-state index contributed by atoms with van der Waals surface area (Å²) in [6.45, 7) is 2.07. The number of hydrogen-bond acceptors (Lipinski definition) is 2. The zero-order chi connectivity index (χ0) is 14.3. The van der Waals surface area contributed by atoms with E-state index in [0.29, 0.717) is 12.0 Å². The first-order valence-corrected chi connectivity index (χ1v) is 6.48. The van der Waals surface area contributed by atoms with E-state index in [1.54, 1.807) is 0 Å². The van der Waals surface area contributed by atoms with Crippen molar-refractivity contribution in [3.63, 3.8) is 0 Å². The van der Waals surface area contributed by atoms with E-state index in [2.05, 4.69) is 12.1 Å². The SMILES string of the molecule is CCCCCCC(N=O)c1cccc(C(F)(F)F)c1. The molecule has 0 radical (unpaired) electrons. The molecule has 0 aliphatic carbocycles. The van der Waals surface area contributed by atoms with Crippen LogP contribution in [0.2, 0.25) is 0 Å². The zero-order valence-electron chi connectivity index (χ0n) is 10.9. The lowest BCUT2D eigenvalue weighted by molar-refractivity contribution is -0.137.